The molecule has 0 radical (unpaired) electrons. The Morgan fingerprint density at radius 2 is 2.16 bits per heavy atom. The Kier molecular flexibility index (Phi) is 4.44. The van der Waals surface area contributed by atoms with E-state index in [4.69, 9.17) is 10.6 Å². The van der Waals surface area contributed by atoms with Crippen LogP contribution in [0.4, 0.5) is 5.69 Å². The molecule has 19 heavy (non-hydrogen) atoms. The van der Waals surface area contributed by atoms with Crippen molar-refractivity contribution >= 4 is 11.6 Å². The van der Waals surface area contributed by atoms with Crippen LogP contribution in [0.25, 0.3) is 0 Å². The van der Waals surface area contributed by atoms with Crippen molar-refractivity contribution in [1.82, 2.24) is 5.43 Å². The molecule has 0 atom stereocenters. The number of hydrogen-bond acceptors (Lipinski definition) is 5. The fourth-order valence-corrected chi connectivity index (χ4v) is 1.50. The molecule has 1 amide bonds. The highest BCUT2D eigenvalue weighted by Crippen LogP contribution is 2.31. The van der Waals surface area contributed by atoms with Gasteiger partial charge >= 0.3 is 5.69 Å². The van der Waals surface area contributed by atoms with Crippen LogP contribution in [0.2, 0.25) is 0 Å². The van der Waals surface area contributed by atoms with E-state index in [-0.39, 0.29) is 18.0 Å². The third-order valence-electron chi connectivity index (χ3n) is 2.72. The second-order valence-electron chi connectivity index (χ2n) is 4.82. The SMILES string of the molecule is Cc1cccc(OCC(C)(C)C(=O)NN)c1[N+](=O)[O-]. The summed E-state index contributed by atoms with van der Waals surface area (Å²) in [6.45, 7) is 4.89. The number of carbonyl (C=O) groups is 1. The fourth-order valence-electron chi connectivity index (χ4n) is 1.50. The van der Waals surface area contributed by atoms with Crippen LogP contribution in [0.1, 0.15) is 19.4 Å². The number of hydrogen-bond donors (Lipinski definition) is 2. The maximum Gasteiger partial charge on any atom is 0.313 e. The predicted molar refractivity (Wildman–Crippen MR) is 69.4 cm³/mol. The van der Waals surface area contributed by atoms with Gasteiger partial charge in [-0.05, 0) is 26.8 Å². The largest absolute Gasteiger partial charge is 0.486 e. The smallest absolute Gasteiger partial charge is 0.313 e. The molecular weight excluding hydrogens is 250 g/mol. The molecule has 3 N–H and O–H groups in total. The molecule has 0 bridgehead atoms. The van der Waals surface area contributed by atoms with Gasteiger partial charge < -0.3 is 4.74 Å². The molecule has 0 saturated carbocycles. The molecule has 0 unspecified atom stereocenters. The zero-order valence-electron chi connectivity index (χ0n) is 11.1. The number of aryl methyl sites for hydroxylation is 1. The van der Waals surface area contributed by atoms with Crippen molar-refractivity contribution in [2.24, 2.45) is 11.3 Å². The number of nitrogens with one attached hydrogen (secondary N) is 1. The predicted octanol–water partition coefficient (Wildman–Crippen LogP) is 1.30. The Morgan fingerprint density at radius 3 is 2.68 bits per heavy atom. The minimum absolute atomic E-state index is 0.0136. The van der Waals surface area contributed by atoms with Crippen LogP contribution in [0.5, 0.6) is 5.75 Å². The van der Waals surface area contributed by atoms with Crippen molar-refractivity contribution in [2.75, 3.05) is 6.61 Å². The van der Waals surface area contributed by atoms with E-state index in [0.29, 0.717) is 5.56 Å². The lowest BCUT2D eigenvalue weighted by Gasteiger charge is -2.22. The maximum absolute atomic E-state index is 11.5. The number of nitrogens with zero attached hydrogens (tertiary/aromatic N) is 1. The Balaban J connectivity index is 2.93. The lowest BCUT2D eigenvalue weighted by atomic mass is 9.94. The van der Waals surface area contributed by atoms with E-state index in [0.717, 1.165) is 0 Å². The number of nitrogens with two attached hydrogens (primary N) is 1. The van der Waals surface area contributed by atoms with Crippen molar-refractivity contribution in [3.8, 4) is 5.75 Å². The quantitative estimate of drug-likeness (QED) is 0.362. The molecule has 0 aliphatic rings. The van der Waals surface area contributed by atoms with Gasteiger partial charge in [0, 0.05) is 5.56 Å². The standard InChI is InChI=1S/C12H17N3O4/c1-8-5-4-6-9(10(8)15(17)18)19-7-12(2,3)11(16)14-13/h4-6H,7,13H2,1-3H3,(H,14,16). The van der Waals surface area contributed by atoms with Gasteiger partial charge in [0.25, 0.3) is 0 Å². The molecule has 1 rings (SSSR count). The number of ether oxygens (including phenoxy) is 1. The van der Waals surface area contributed by atoms with Gasteiger partial charge in [0.2, 0.25) is 5.91 Å². The van der Waals surface area contributed by atoms with Crippen molar-refractivity contribution < 1.29 is 14.5 Å². The topological polar surface area (TPSA) is 107 Å². The van der Waals surface area contributed by atoms with Crippen molar-refractivity contribution in [3.63, 3.8) is 0 Å². The molecule has 0 fully saturated rings. The lowest BCUT2D eigenvalue weighted by molar-refractivity contribution is -0.386. The number of para-hydroxylation sites is 1. The van der Waals surface area contributed by atoms with E-state index >= 15 is 0 Å². The van der Waals surface area contributed by atoms with Gasteiger partial charge in [-0.3, -0.25) is 20.3 Å². The van der Waals surface area contributed by atoms with E-state index < -0.39 is 16.2 Å². The molecule has 7 nitrogen and oxygen atoms in total. The monoisotopic (exact) mass is 267 g/mol. The molecule has 0 saturated heterocycles. The summed E-state index contributed by atoms with van der Waals surface area (Å²) in [6.07, 6.45) is 0. The summed E-state index contributed by atoms with van der Waals surface area (Å²) in [5.41, 5.74) is 1.57. The summed E-state index contributed by atoms with van der Waals surface area (Å²) in [7, 11) is 0. The third-order valence-corrected chi connectivity index (χ3v) is 2.72. The fraction of sp³-hybridized carbons (Fsp3) is 0.417. The molecule has 0 aliphatic carbocycles. The van der Waals surface area contributed by atoms with Gasteiger partial charge in [0.1, 0.15) is 6.61 Å². The van der Waals surface area contributed by atoms with E-state index in [2.05, 4.69) is 0 Å². The maximum atomic E-state index is 11.5. The van der Waals surface area contributed by atoms with E-state index in [1.165, 1.54) is 6.07 Å². The highest BCUT2D eigenvalue weighted by atomic mass is 16.6. The Bertz CT molecular complexity index is 500. The van der Waals surface area contributed by atoms with Crippen molar-refractivity contribution in [3.05, 3.63) is 33.9 Å². The van der Waals surface area contributed by atoms with Gasteiger partial charge in [-0.25, -0.2) is 5.84 Å². The zero-order chi connectivity index (χ0) is 14.6. The number of hydrazine groups is 1. The van der Waals surface area contributed by atoms with Crippen molar-refractivity contribution in [2.45, 2.75) is 20.8 Å². The van der Waals surface area contributed by atoms with Gasteiger partial charge in [-0.1, -0.05) is 12.1 Å². The molecule has 1 aromatic rings. The number of benzene rings is 1. The normalized spacial score (nSPS) is 10.9. The van der Waals surface area contributed by atoms with Gasteiger partial charge in [0.05, 0.1) is 10.3 Å². The Morgan fingerprint density at radius 1 is 1.53 bits per heavy atom. The summed E-state index contributed by atoms with van der Waals surface area (Å²) >= 11 is 0. The average molecular weight is 267 g/mol. The second-order valence-corrected chi connectivity index (χ2v) is 4.82. The highest BCUT2D eigenvalue weighted by Gasteiger charge is 2.29. The average Bonchev–Trinajstić information content (AvgIpc) is 2.34. The Labute approximate surface area is 110 Å². The minimum atomic E-state index is -0.883. The van der Waals surface area contributed by atoms with Gasteiger partial charge in [-0.2, -0.15) is 0 Å². The molecule has 0 spiro atoms. The Hall–Kier alpha value is -2.15. The van der Waals surface area contributed by atoms with E-state index in [9.17, 15) is 14.9 Å². The first-order valence-corrected chi connectivity index (χ1v) is 5.67. The second kappa shape index (κ2) is 5.66. The highest BCUT2D eigenvalue weighted by molar-refractivity contribution is 5.81. The van der Waals surface area contributed by atoms with Crippen molar-refractivity contribution in [1.29, 1.82) is 0 Å². The molecule has 1 aromatic carbocycles. The molecule has 7 heteroatoms. The van der Waals surface area contributed by atoms with Crippen LogP contribution in [0.3, 0.4) is 0 Å². The third kappa shape index (κ3) is 3.41. The number of nitro groups is 1. The summed E-state index contributed by atoms with van der Waals surface area (Å²) in [5.74, 6) is 4.81. The molecule has 0 aromatic heterocycles. The number of carbonyl (C=O) groups excluding carboxylic acids is 1. The van der Waals surface area contributed by atoms with Crippen LogP contribution < -0.4 is 16.0 Å². The molecule has 104 valence electrons. The van der Waals surface area contributed by atoms with Crippen LogP contribution in [-0.4, -0.2) is 17.4 Å². The number of amides is 1. The van der Waals surface area contributed by atoms with Gasteiger partial charge in [0.15, 0.2) is 5.75 Å². The van der Waals surface area contributed by atoms with E-state index in [1.54, 1.807) is 32.9 Å². The summed E-state index contributed by atoms with van der Waals surface area (Å²) in [4.78, 5) is 22.0. The van der Waals surface area contributed by atoms with Crippen LogP contribution in [0, 0.1) is 22.5 Å². The summed E-state index contributed by atoms with van der Waals surface area (Å²) in [6, 6.07) is 4.79. The van der Waals surface area contributed by atoms with Crippen LogP contribution in [0.15, 0.2) is 18.2 Å². The minimum Gasteiger partial charge on any atom is -0.486 e. The number of rotatable bonds is 5. The summed E-state index contributed by atoms with van der Waals surface area (Å²) in [5, 5.41) is 11.0. The first kappa shape index (κ1) is 14.9. The first-order chi connectivity index (χ1) is 8.79. The molecule has 0 heterocycles. The summed E-state index contributed by atoms with van der Waals surface area (Å²) < 4.78 is 5.41. The van der Waals surface area contributed by atoms with Crippen LogP contribution in [-0.2, 0) is 4.79 Å². The molecule has 0 aliphatic heterocycles. The number of nitro benzene ring substituents is 1. The zero-order valence-corrected chi connectivity index (χ0v) is 11.1. The van der Waals surface area contributed by atoms with E-state index in [1.807, 2.05) is 5.43 Å². The van der Waals surface area contributed by atoms with Crippen LogP contribution >= 0.6 is 0 Å². The lowest BCUT2D eigenvalue weighted by Crippen LogP contribution is -2.44. The molecular formula is C12H17N3O4. The first-order valence-electron chi connectivity index (χ1n) is 5.67. The van der Waals surface area contributed by atoms with Gasteiger partial charge in [-0.15, -0.1) is 0 Å².